The van der Waals surface area contributed by atoms with Crippen LogP contribution >= 0.6 is 0 Å². The van der Waals surface area contributed by atoms with Crippen molar-refractivity contribution in [3.05, 3.63) is 35.9 Å². The van der Waals surface area contributed by atoms with Crippen molar-refractivity contribution < 1.29 is 14.7 Å². The van der Waals surface area contributed by atoms with Gasteiger partial charge in [0.1, 0.15) is 6.04 Å². The summed E-state index contributed by atoms with van der Waals surface area (Å²) in [5.41, 5.74) is 5.81. The molecule has 6 nitrogen and oxygen atoms in total. The number of primary amides is 1. The number of aliphatic hydroxyl groups excluding tert-OH is 1. The van der Waals surface area contributed by atoms with E-state index in [0.717, 1.165) is 18.4 Å². The molecule has 2 rings (SSSR count). The van der Waals surface area contributed by atoms with Crippen molar-refractivity contribution in [2.24, 2.45) is 5.73 Å². The van der Waals surface area contributed by atoms with Crippen LogP contribution in [0.4, 0.5) is 4.79 Å². The quantitative estimate of drug-likeness (QED) is 0.744. The molecule has 108 valence electrons. The Morgan fingerprint density at radius 2 is 2.05 bits per heavy atom. The van der Waals surface area contributed by atoms with Gasteiger partial charge in [-0.3, -0.25) is 15.0 Å². The average Bonchev–Trinajstić information content (AvgIpc) is 2.39. The van der Waals surface area contributed by atoms with Crippen LogP contribution in [0.1, 0.15) is 24.4 Å². The van der Waals surface area contributed by atoms with Gasteiger partial charge in [0, 0.05) is 6.54 Å². The third kappa shape index (κ3) is 3.55. The predicted molar refractivity (Wildman–Crippen MR) is 73.7 cm³/mol. The van der Waals surface area contributed by atoms with Crippen LogP contribution in [0.25, 0.3) is 0 Å². The van der Waals surface area contributed by atoms with Gasteiger partial charge in [-0.25, -0.2) is 4.79 Å². The van der Waals surface area contributed by atoms with Crippen molar-refractivity contribution in [2.45, 2.75) is 25.0 Å². The minimum absolute atomic E-state index is 0.408. The smallest absolute Gasteiger partial charge is 0.318 e. The molecule has 0 saturated carbocycles. The van der Waals surface area contributed by atoms with Gasteiger partial charge in [0.25, 0.3) is 0 Å². The maximum Gasteiger partial charge on any atom is 0.318 e. The zero-order valence-corrected chi connectivity index (χ0v) is 11.2. The number of benzene rings is 1. The molecular weight excluding hydrogens is 258 g/mol. The molecule has 0 radical (unpaired) electrons. The normalized spacial score (nSPS) is 21.1. The van der Waals surface area contributed by atoms with E-state index < -0.39 is 24.1 Å². The first-order chi connectivity index (χ1) is 9.58. The van der Waals surface area contributed by atoms with Gasteiger partial charge < -0.3 is 10.8 Å². The molecule has 1 aliphatic heterocycles. The molecule has 0 unspecified atom stereocenters. The monoisotopic (exact) mass is 277 g/mol. The molecule has 4 N–H and O–H groups in total. The number of carbonyl (C=O) groups excluding carboxylic acids is 2. The molecule has 3 amide bonds. The summed E-state index contributed by atoms with van der Waals surface area (Å²) in [6, 6.07) is 7.70. The van der Waals surface area contributed by atoms with Crippen molar-refractivity contribution in [1.29, 1.82) is 0 Å². The van der Waals surface area contributed by atoms with E-state index in [9.17, 15) is 14.7 Å². The van der Waals surface area contributed by atoms with Crippen LogP contribution in [0, 0.1) is 0 Å². The number of amides is 3. The van der Waals surface area contributed by atoms with Gasteiger partial charge in [0.2, 0.25) is 5.91 Å². The van der Waals surface area contributed by atoms with Crippen LogP contribution in [0.3, 0.4) is 0 Å². The standard InChI is InChI=1S/C14H19N3O3/c15-14(20)16-13(19)12(10-5-2-1-3-6-10)17-8-4-7-11(18)9-17/h1-3,5-6,11-12,18H,4,7-9H2,(H3,15,16,19,20)/t11-,12+/m0/s1. The summed E-state index contributed by atoms with van der Waals surface area (Å²) < 4.78 is 0. The number of nitrogens with zero attached hydrogens (tertiary/aromatic N) is 1. The number of urea groups is 1. The molecule has 1 aliphatic rings. The summed E-state index contributed by atoms with van der Waals surface area (Å²) in [5.74, 6) is -0.460. The second kappa shape index (κ2) is 6.49. The zero-order chi connectivity index (χ0) is 14.5. The molecule has 0 bridgehead atoms. The van der Waals surface area contributed by atoms with Crippen molar-refractivity contribution >= 4 is 11.9 Å². The molecule has 2 atom stereocenters. The summed E-state index contributed by atoms with van der Waals surface area (Å²) in [7, 11) is 0. The minimum atomic E-state index is -0.867. The Balaban J connectivity index is 2.24. The SMILES string of the molecule is NC(=O)NC(=O)[C@@H](c1ccccc1)N1CCC[C@H](O)C1. The fourth-order valence-corrected chi connectivity index (χ4v) is 2.57. The van der Waals surface area contributed by atoms with E-state index in [1.807, 2.05) is 35.2 Å². The molecule has 1 aromatic rings. The Labute approximate surface area is 117 Å². The summed E-state index contributed by atoms with van der Waals surface area (Å²) in [5, 5.41) is 11.9. The molecule has 0 aliphatic carbocycles. The van der Waals surface area contributed by atoms with Gasteiger partial charge >= 0.3 is 6.03 Å². The highest BCUT2D eigenvalue weighted by molar-refractivity contribution is 5.96. The van der Waals surface area contributed by atoms with E-state index in [2.05, 4.69) is 5.32 Å². The summed E-state index contributed by atoms with van der Waals surface area (Å²) in [4.78, 5) is 25.0. The molecule has 1 aromatic carbocycles. The van der Waals surface area contributed by atoms with E-state index in [-0.39, 0.29) is 0 Å². The van der Waals surface area contributed by atoms with Gasteiger partial charge in [0.15, 0.2) is 0 Å². The first-order valence-electron chi connectivity index (χ1n) is 6.65. The van der Waals surface area contributed by atoms with Crippen molar-refractivity contribution in [3.63, 3.8) is 0 Å². The molecule has 1 fully saturated rings. The van der Waals surface area contributed by atoms with E-state index in [1.54, 1.807) is 0 Å². The number of aliphatic hydroxyl groups is 1. The number of likely N-dealkylation sites (tertiary alicyclic amines) is 1. The number of imide groups is 1. The number of piperidine rings is 1. The highest BCUT2D eigenvalue weighted by atomic mass is 16.3. The third-order valence-electron chi connectivity index (χ3n) is 3.40. The molecule has 6 heteroatoms. The lowest BCUT2D eigenvalue weighted by atomic mass is 10.00. The Kier molecular flexibility index (Phi) is 4.70. The first kappa shape index (κ1) is 14.5. The largest absolute Gasteiger partial charge is 0.392 e. The van der Waals surface area contributed by atoms with Gasteiger partial charge in [-0.15, -0.1) is 0 Å². The Hall–Kier alpha value is -1.92. The second-order valence-corrected chi connectivity index (χ2v) is 4.96. The van der Waals surface area contributed by atoms with Gasteiger partial charge in [-0.2, -0.15) is 0 Å². The van der Waals surface area contributed by atoms with Crippen LogP contribution in [0.5, 0.6) is 0 Å². The van der Waals surface area contributed by atoms with Crippen LogP contribution in [-0.2, 0) is 4.79 Å². The number of β-amino-alcohol motifs (C(OH)–C–C–N with tert-alkyl or cyclic N) is 1. The van der Waals surface area contributed by atoms with E-state index in [1.165, 1.54) is 0 Å². The number of hydrogen-bond acceptors (Lipinski definition) is 4. The number of rotatable bonds is 3. The maximum atomic E-state index is 12.2. The minimum Gasteiger partial charge on any atom is -0.392 e. The number of nitrogens with two attached hydrogens (primary N) is 1. The van der Waals surface area contributed by atoms with Crippen LogP contribution in [-0.4, -0.2) is 41.1 Å². The van der Waals surface area contributed by atoms with Gasteiger partial charge in [0.05, 0.1) is 6.10 Å². The van der Waals surface area contributed by atoms with Crippen molar-refractivity contribution in [1.82, 2.24) is 10.2 Å². The first-order valence-corrected chi connectivity index (χ1v) is 6.65. The third-order valence-corrected chi connectivity index (χ3v) is 3.40. The van der Waals surface area contributed by atoms with Gasteiger partial charge in [-0.1, -0.05) is 30.3 Å². The number of carbonyl (C=O) groups is 2. The fraction of sp³-hybridized carbons (Fsp3) is 0.429. The highest BCUT2D eigenvalue weighted by Gasteiger charge is 2.31. The van der Waals surface area contributed by atoms with Crippen LogP contribution < -0.4 is 11.1 Å². The summed E-state index contributed by atoms with van der Waals surface area (Å²) >= 11 is 0. The molecule has 0 aromatic heterocycles. The van der Waals surface area contributed by atoms with E-state index in [0.29, 0.717) is 13.1 Å². The van der Waals surface area contributed by atoms with Crippen LogP contribution in [0.2, 0.25) is 0 Å². The summed E-state index contributed by atoms with van der Waals surface area (Å²) in [6.45, 7) is 1.11. The molecule has 1 saturated heterocycles. The topological polar surface area (TPSA) is 95.7 Å². The van der Waals surface area contributed by atoms with Crippen LogP contribution in [0.15, 0.2) is 30.3 Å². The maximum absolute atomic E-state index is 12.2. The van der Waals surface area contributed by atoms with E-state index >= 15 is 0 Å². The molecule has 1 heterocycles. The Morgan fingerprint density at radius 1 is 1.35 bits per heavy atom. The lowest BCUT2D eigenvalue weighted by molar-refractivity contribution is -0.126. The second-order valence-electron chi connectivity index (χ2n) is 4.96. The lowest BCUT2D eigenvalue weighted by Crippen LogP contribution is -2.48. The van der Waals surface area contributed by atoms with Crippen molar-refractivity contribution in [3.8, 4) is 0 Å². The average molecular weight is 277 g/mol. The van der Waals surface area contributed by atoms with E-state index in [4.69, 9.17) is 5.73 Å². The lowest BCUT2D eigenvalue weighted by Gasteiger charge is -2.35. The molecule has 20 heavy (non-hydrogen) atoms. The highest BCUT2D eigenvalue weighted by Crippen LogP contribution is 2.24. The fourth-order valence-electron chi connectivity index (χ4n) is 2.57. The molecular formula is C14H19N3O3. The molecule has 0 spiro atoms. The van der Waals surface area contributed by atoms with Crippen molar-refractivity contribution in [2.75, 3.05) is 13.1 Å². The zero-order valence-electron chi connectivity index (χ0n) is 11.2. The Bertz CT molecular complexity index is 478. The number of hydrogen-bond donors (Lipinski definition) is 3. The van der Waals surface area contributed by atoms with Gasteiger partial charge in [-0.05, 0) is 24.9 Å². The summed E-state index contributed by atoms with van der Waals surface area (Å²) in [6.07, 6.45) is 1.10. The predicted octanol–water partition coefficient (Wildman–Crippen LogP) is 0.379. The Morgan fingerprint density at radius 3 is 2.65 bits per heavy atom. The number of nitrogens with one attached hydrogen (secondary N) is 1.